The molecule has 0 aromatic rings. The molecule has 0 spiro atoms. The summed E-state index contributed by atoms with van der Waals surface area (Å²) in [5.74, 6) is 1.28. The molecule has 104 valence electrons. The molecule has 18 heavy (non-hydrogen) atoms. The molecule has 0 bridgehead atoms. The van der Waals surface area contributed by atoms with E-state index in [2.05, 4.69) is 26.8 Å². The number of ether oxygens (including phenoxy) is 1. The van der Waals surface area contributed by atoms with E-state index in [0.717, 1.165) is 25.7 Å². The average molecular weight is 252 g/mol. The molecule has 2 aliphatic carbocycles. The van der Waals surface area contributed by atoms with Gasteiger partial charge in [-0.25, -0.2) is 0 Å². The predicted octanol–water partition coefficient (Wildman–Crippen LogP) is 3.54. The van der Waals surface area contributed by atoms with E-state index < -0.39 is 5.60 Å². The fraction of sp³-hybridized carbons (Fsp3) is 0.875. The Morgan fingerprint density at radius 2 is 2.00 bits per heavy atom. The Balaban J connectivity index is 2.38. The first kappa shape index (κ1) is 14.1. The van der Waals surface area contributed by atoms with Gasteiger partial charge >= 0.3 is 0 Å². The van der Waals surface area contributed by atoms with Crippen molar-refractivity contribution in [2.45, 2.75) is 64.6 Å². The molecular formula is C16H28O2. The highest BCUT2D eigenvalue weighted by atomic mass is 16.5. The molecule has 0 radical (unpaired) electrons. The second-order valence-electron chi connectivity index (χ2n) is 6.94. The van der Waals surface area contributed by atoms with Gasteiger partial charge in [-0.2, -0.15) is 0 Å². The number of hydrogen-bond acceptors (Lipinski definition) is 2. The highest BCUT2D eigenvalue weighted by molar-refractivity contribution is 5.19. The van der Waals surface area contributed by atoms with Gasteiger partial charge in [-0.15, -0.1) is 0 Å². The van der Waals surface area contributed by atoms with Gasteiger partial charge in [-0.3, -0.25) is 0 Å². The molecule has 0 aliphatic heterocycles. The molecular weight excluding hydrogens is 224 g/mol. The Kier molecular flexibility index (Phi) is 3.63. The van der Waals surface area contributed by atoms with Gasteiger partial charge < -0.3 is 9.84 Å². The summed E-state index contributed by atoms with van der Waals surface area (Å²) >= 11 is 0. The van der Waals surface area contributed by atoms with Crippen molar-refractivity contribution >= 4 is 0 Å². The zero-order valence-electron chi connectivity index (χ0n) is 12.5. The molecule has 4 atom stereocenters. The minimum absolute atomic E-state index is 0.0850. The molecule has 0 heterocycles. The third kappa shape index (κ3) is 2.25. The molecule has 1 saturated carbocycles. The third-order valence-electron chi connectivity index (χ3n) is 5.41. The summed E-state index contributed by atoms with van der Waals surface area (Å²) in [5.41, 5.74) is 0.848. The molecule has 1 fully saturated rings. The van der Waals surface area contributed by atoms with Gasteiger partial charge in [0.25, 0.3) is 0 Å². The second-order valence-corrected chi connectivity index (χ2v) is 6.94. The highest BCUT2D eigenvalue weighted by Crippen LogP contribution is 2.51. The largest absolute Gasteiger partial charge is 0.390 e. The third-order valence-corrected chi connectivity index (χ3v) is 5.41. The van der Waals surface area contributed by atoms with Crippen LogP contribution >= 0.6 is 0 Å². The summed E-state index contributed by atoms with van der Waals surface area (Å²) in [5, 5.41) is 10.6. The molecule has 1 unspecified atom stereocenters. The van der Waals surface area contributed by atoms with Crippen molar-refractivity contribution < 1.29 is 9.84 Å². The van der Waals surface area contributed by atoms with Crippen molar-refractivity contribution in [2.75, 3.05) is 7.11 Å². The van der Waals surface area contributed by atoms with Gasteiger partial charge in [-0.1, -0.05) is 25.5 Å². The molecule has 2 heteroatoms. The highest BCUT2D eigenvalue weighted by Gasteiger charge is 2.51. The molecule has 1 N–H and O–H groups in total. The van der Waals surface area contributed by atoms with Crippen LogP contribution in [-0.2, 0) is 4.74 Å². The van der Waals surface area contributed by atoms with Crippen LogP contribution in [-0.4, -0.2) is 23.4 Å². The van der Waals surface area contributed by atoms with Crippen LogP contribution in [0.25, 0.3) is 0 Å². The lowest BCUT2D eigenvalue weighted by molar-refractivity contribution is -0.0708. The monoisotopic (exact) mass is 252 g/mol. The zero-order chi connectivity index (χ0) is 13.6. The van der Waals surface area contributed by atoms with Crippen LogP contribution in [0.3, 0.4) is 0 Å². The van der Waals surface area contributed by atoms with Crippen LogP contribution in [0.2, 0.25) is 0 Å². The van der Waals surface area contributed by atoms with Gasteiger partial charge in [0.15, 0.2) is 0 Å². The molecule has 0 aromatic carbocycles. The van der Waals surface area contributed by atoms with E-state index in [1.54, 1.807) is 0 Å². The van der Waals surface area contributed by atoms with Gasteiger partial charge in [0.1, 0.15) is 0 Å². The van der Waals surface area contributed by atoms with Crippen molar-refractivity contribution in [3.63, 3.8) is 0 Å². The van der Waals surface area contributed by atoms with Crippen LogP contribution in [0.1, 0.15) is 53.4 Å². The first-order chi connectivity index (χ1) is 8.30. The predicted molar refractivity (Wildman–Crippen MR) is 74.4 cm³/mol. The van der Waals surface area contributed by atoms with Crippen molar-refractivity contribution in [1.29, 1.82) is 0 Å². The number of aliphatic hydroxyl groups is 1. The van der Waals surface area contributed by atoms with Gasteiger partial charge in [-0.05, 0) is 51.4 Å². The number of fused-ring (bicyclic) bond motifs is 1. The summed E-state index contributed by atoms with van der Waals surface area (Å²) in [6.07, 6.45) is 6.51. The van der Waals surface area contributed by atoms with E-state index in [-0.39, 0.29) is 11.5 Å². The second kappa shape index (κ2) is 4.64. The van der Waals surface area contributed by atoms with E-state index in [4.69, 9.17) is 4.74 Å². The van der Waals surface area contributed by atoms with Crippen LogP contribution in [0, 0.1) is 17.8 Å². The van der Waals surface area contributed by atoms with Gasteiger partial charge in [0.05, 0.1) is 11.2 Å². The maximum Gasteiger partial charge on any atom is 0.0688 e. The number of hydrogen-bond donors (Lipinski definition) is 1. The lowest BCUT2D eigenvalue weighted by Gasteiger charge is -2.37. The van der Waals surface area contributed by atoms with Crippen LogP contribution < -0.4 is 0 Å². The quantitative estimate of drug-likeness (QED) is 0.762. The summed E-state index contributed by atoms with van der Waals surface area (Å²) < 4.78 is 5.85. The SMILES string of the molecule is COC1(C)CCC(C(C)C)=C[C@@H]2[C@@H]1CC[C@@]2(C)O. The average Bonchev–Trinajstić information content (AvgIpc) is 2.50. The molecule has 2 aliphatic rings. The summed E-state index contributed by atoms with van der Waals surface area (Å²) in [7, 11) is 1.82. The minimum atomic E-state index is -0.561. The standard InChI is InChI=1S/C16H28O2/c1-11(2)12-6-9-16(4,18-5)13-7-8-15(3,17)14(13)10-12/h10-11,13-14,17H,6-9H2,1-5H3/t13-,14+,15+,16?/m0/s1. The number of allylic oxidation sites excluding steroid dienone is 1. The first-order valence-electron chi connectivity index (χ1n) is 7.28. The maximum atomic E-state index is 10.6. The Morgan fingerprint density at radius 3 is 2.56 bits per heavy atom. The molecule has 0 saturated heterocycles. The fourth-order valence-electron chi connectivity index (χ4n) is 3.83. The lowest BCUT2D eigenvalue weighted by atomic mass is 9.77. The summed E-state index contributed by atoms with van der Waals surface area (Å²) in [6.45, 7) is 8.72. The zero-order valence-corrected chi connectivity index (χ0v) is 12.5. The minimum Gasteiger partial charge on any atom is -0.390 e. The number of methoxy groups -OCH3 is 1. The van der Waals surface area contributed by atoms with Crippen molar-refractivity contribution in [3.8, 4) is 0 Å². The Morgan fingerprint density at radius 1 is 1.33 bits per heavy atom. The van der Waals surface area contributed by atoms with E-state index in [1.165, 1.54) is 5.57 Å². The van der Waals surface area contributed by atoms with Gasteiger partial charge in [0, 0.05) is 13.0 Å². The van der Waals surface area contributed by atoms with E-state index in [0.29, 0.717) is 11.8 Å². The van der Waals surface area contributed by atoms with E-state index in [1.807, 2.05) is 14.0 Å². The van der Waals surface area contributed by atoms with Crippen LogP contribution in [0.5, 0.6) is 0 Å². The Labute approximate surface area is 111 Å². The lowest BCUT2D eigenvalue weighted by Crippen LogP contribution is -2.41. The first-order valence-corrected chi connectivity index (χ1v) is 7.28. The van der Waals surface area contributed by atoms with E-state index in [9.17, 15) is 5.11 Å². The normalized spacial score (nSPS) is 44.7. The molecule has 0 aromatic heterocycles. The van der Waals surface area contributed by atoms with Gasteiger partial charge in [0.2, 0.25) is 0 Å². The maximum absolute atomic E-state index is 10.6. The topological polar surface area (TPSA) is 29.5 Å². The van der Waals surface area contributed by atoms with Crippen LogP contribution in [0.15, 0.2) is 11.6 Å². The fourth-order valence-corrected chi connectivity index (χ4v) is 3.83. The Hall–Kier alpha value is -0.340. The van der Waals surface area contributed by atoms with Crippen molar-refractivity contribution in [1.82, 2.24) is 0 Å². The molecule has 2 nitrogen and oxygen atoms in total. The summed E-state index contributed by atoms with van der Waals surface area (Å²) in [6, 6.07) is 0. The summed E-state index contributed by atoms with van der Waals surface area (Å²) in [4.78, 5) is 0. The van der Waals surface area contributed by atoms with Crippen molar-refractivity contribution in [3.05, 3.63) is 11.6 Å². The molecule has 2 rings (SSSR count). The molecule has 0 amide bonds. The van der Waals surface area contributed by atoms with Crippen LogP contribution in [0.4, 0.5) is 0 Å². The van der Waals surface area contributed by atoms with Crippen molar-refractivity contribution in [2.24, 2.45) is 17.8 Å². The smallest absolute Gasteiger partial charge is 0.0688 e. The Bertz CT molecular complexity index is 343. The van der Waals surface area contributed by atoms with E-state index >= 15 is 0 Å². The number of rotatable bonds is 2.